The minimum Gasteiger partial charge on any atom is -0.744 e. The normalized spacial score (nSPS) is 23.3. The molecule has 0 fully saturated rings. The molecule has 198 valence electrons. The molecule has 2 atom stereocenters. The van der Waals surface area contributed by atoms with Crippen molar-refractivity contribution in [3.8, 4) is 0 Å². The van der Waals surface area contributed by atoms with Crippen LogP contribution < -0.4 is 10.2 Å². The van der Waals surface area contributed by atoms with Crippen LogP contribution in [-0.2, 0) is 19.7 Å². The third kappa shape index (κ3) is 24.8. The maximum absolute atomic E-state index is 11.0. The van der Waals surface area contributed by atoms with Crippen LogP contribution in [0.25, 0.3) is 0 Å². The predicted molar refractivity (Wildman–Crippen MR) is 145 cm³/mol. The van der Waals surface area contributed by atoms with E-state index in [1.165, 1.54) is 0 Å². The van der Waals surface area contributed by atoms with E-state index < -0.39 is 50.6 Å². The van der Waals surface area contributed by atoms with E-state index >= 15 is 0 Å². The highest BCUT2D eigenvalue weighted by atomic mass is 32.2. The van der Waals surface area contributed by atoms with Gasteiger partial charge in [0.15, 0.2) is 0 Å². The van der Waals surface area contributed by atoms with Crippen molar-refractivity contribution in [2.45, 2.75) is 26.7 Å². The summed E-state index contributed by atoms with van der Waals surface area (Å²) >= 11 is 0. The van der Waals surface area contributed by atoms with Gasteiger partial charge in [-0.15, -0.1) is 0 Å². The summed E-state index contributed by atoms with van der Waals surface area (Å²) in [4.78, 5) is 21.2. The molecular weight excluding hydrogens is 501 g/mol. The van der Waals surface area contributed by atoms with E-state index in [1.807, 2.05) is 0 Å². The topological polar surface area (TPSA) is 137 Å². The third-order valence-electron chi connectivity index (χ3n) is 3.08. The second-order valence-electron chi connectivity index (χ2n) is 13.0. The fourth-order valence-electron chi connectivity index (χ4n) is 2.15. The molecule has 0 saturated carbocycles. The molecule has 33 heavy (non-hydrogen) atoms. The van der Waals surface area contributed by atoms with Gasteiger partial charge in [0.05, 0.1) is 5.97 Å². The first-order valence-electron chi connectivity index (χ1n) is 10.4. The Balaban J connectivity index is -0.000000489. The van der Waals surface area contributed by atoms with Crippen molar-refractivity contribution >= 4 is 43.8 Å². The summed E-state index contributed by atoms with van der Waals surface area (Å²) in [5.74, 6) is -3.25. The highest BCUT2D eigenvalue weighted by molar-refractivity contribution is 7.89. The molecule has 0 N–H and O–H groups in total. The summed E-state index contributed by atoms with van der Waals surface area (Å²) in [6.07, 6.45) is -0.219. The molecule has 0 aromatic rings. The van der Waals surface area contributed by atoms with E-state index in [1.54, 1.807) is 0 Å². The second kappa shape index (κ2) is 13.3. The Morgan fingerprint density at radius 1 is 0.758 bits per heavy atom. The standard InChI is InChI=1S/C10H14O7S.3C4H12P/c1-9(7(11)12)3-6(18(15,16)17)4-10(2,5-9)8(13)14;3*1-5(2,3)4/h3H,4-5H2,1-2H3,(H,11,12)(H,13,14)(H,15,16,17);3*1-4H3/q;3*+1/p-3. The Labute approximate surface area is 205 Å². The molecule has 0 saturated heterocycles. The Bertz CT molecular complexity index is 742. The molecule has 0 bridgehead atoms. The van der Waals surface area contributed by atoms with Gasteiger partial charge in [-0.3, -0.25) is 0 Å². The van der Waals surface area contributed by atoms with Gasteiger partial charge < -0.3 is 24.4 Å². The van der Waals surface area contributed by atoms with Crippen molar-refractivity contribution in [1.29, 1.82) is 0 Å². The Kier molecular flexibility index (Phi) is 15.0. The van der Waals surface area contributed by atoms with Gasteiger partial charge in [-0.1, -0.05) is 19.9 Å². The van der Waals surface area contributed by atoms with Gasteiger partial charge in [-0.05, 0) is 12.8 Å². The van der Waals surface area contributed by atoms with Crippen LogP contribution in [0.4, 0.5) is 0 Å². The highest BCUT2D eigenvalue weighted by Gasteiger charge is 2.42. The highest BCUT2D eigenvalue weighted by Crippen LogP contribution is 2.46. The van der Waals surface area contributed by atoms with Crippen molar-refractivity contribution in [2.75, 3.05) is 80.0 Å². The van der Waals surface area contributed by atoms with Gasteiger partial charge in [0.2, 0.25) is 0 Å². The van der Waals surface area contributed by atoms with E-state index in [2.05, 4.69) is 80.0 Å². The molecule has 0 amide bonds. The zero-order valence-electron chi connectivity index (χ0n) is 23.1. The van der Waals surface area contributed by atoms with Gasteiger partial charge in [0.25, 0.3) is 0 Å². The number of allylic oxidation sites excluding steroid dienone is 1. The Morgan fingerprint density at radius 2 is 1.03 bits per heavy atom. The molecule has 0 aromatic carbocycles. The molecule has 0 spiro atoms. The molecule has 1 aliphatic carbocycles. The first-order valence-corrected chi connectivity index (χ1v) is 22.5. The minimum absolute atomic E-state index is 0.389. The number of carboxylic acid groups (broad SMARTS) is 2. The lowest BCUT2D eigenvalue weighted by atomic mass is 9.67. The SMILES string of the molecule is CC1(C(=O)[O-])C=C(S(=O)(=O)[O-])CC(C)(C(=O)[O-])C1.C[P+](C)(C)C.C[P+](C)(C)C.C[P+](C)(C)C. The first kappa shape index (κ1) is 37.4. The van der Waals surface area contributed by atoms with Crippen molar-refractivity contribution in [3.05, 3.63) is 11.0 Å². The van der Waals surface area contributed by atoms with E-state index in [9.17, 15) is 32.8 Å². The zero-order chi connectivity index (χ0) is 27.9. The van der Waals surface area contributed by atoms with Crippen LogP contribution in [-0.4, -0.2) is 105 Å². The molecule has 0 aliphatic heterocycles. The van der Waals surface area contributed by atoms with Crippen LogP contribution in [0.5, 0.6) is 0 Å². The first-order chi connectivity index (χ1) is 13.9. The van der Waals surface area contributed by atoms with Crippen LogP contribution in [0, 0.1) is 10.8 Å². The molecule has 11 heteroatoms. The molecule has 7 nitrogen and oxygen atoms in total. The van der Waals surface area contributed by atoms with Crippen LogP contribution in [0.2, 0.25) is 0 Å². The number of rotatable bonds is 3. The summed E-state index contributed by atoms with van der Waals surface area (Å²) < 4.78 is 32.9. The van der Waals surface area contributed by atoms with E-state index in [0.29, 0.717) is 0 Å². The average Bonchev–Trinajstić information content (AvgIpc) is 2.39. The molecule has 1 rings (SSSR count). The van der Waals surface area contributed by atoms with E-state index in [-0.39, 0.29) is 21.8 Å². The lowest BCUT2D eigenvalue weighted by Crippen LogP contribution is -2.50. The smallest absolute Gasteiger partial charge is 0.120 e. The number of hydrogen-bond acceptors (Lipinski definition) is 7. The fourth-order valence-corrected chi connectivity index (χ4v) is 3.05. The van der Waals surface area contributed by atoms with Crippen LogP contribution in [0.3, 0.4) is 0 Å². The number of carbonyl (C=O) groups excluding carboxylic acids is 2. The van der Waals surface area contributed by atoms with Crippen LogP contribution >= 0.6 is 21.8 Å². The predicted octanol–water partition coefficient (Wildman–Crippen LogP) is 2.29. The number of hydrogen-bond donors (Lipinski definition) is 0. The van der Waals surface area contributed by atoms with Crippen molar-refractivity contribution in [3.63, 3.8) is 0 Å². The molecule has 2 unspecified atom stereocenters. The summed E-state index contributed by atoms with van der Waals surface area (Å²) in [6.45, 7) is 29.8. The van der Waals surface area contributed by atoms with Crippen molar-refractivity contribution in [2.24, 2.45) is 10.8 Å². The fraction of sp³-hybridized carbons (Fsp3) is 0.818. The monoisotopic (exact) mass is 548 g/mol. The average molecular weight is 549 g/mol. The van der Waals surface area contributed by atoms with E-state index in [4.69, 9.17) is 0 Å². The number of carboxylic acids is 2. The maximum atomic E-state index is 11.0. The summed E-state index contributed by atoms with van der Waals surface area (Å²) in [6, 6.07) is 0. The zero-order valence-corrected chi connectivity index (χ0v) is 26.6. The lowest BCUT2D eigenvalue weighted by Gasteiger charge is -2.44. The van der Waals surface area contributed by atoms with Gasteiger partial charge in [0, 0.05) is 123 Å². The van der Waals surface area contributed by atoms with Gasteiger partial charge in [-0.2, -0.15) is 0 Å². The van der Waals surface area contributed by atoms with Crippen molar-refractivity contribution < 1.29 is 32.8 Å². The Hall–Kier alpha value is -0.120. The number of aliphatic carboxylic acids is 2. The molecule has 0 aromatic heterocycles. The largest absolute Gasteiger partial charge is 0.744 e. The summed E-state index contributed by atoms with van der Waals surface area (Å²) in [7, 11) is -6.07. The summed E-state index contributed by atoms with van der Waals surface area (Å²) in [5.41, 5.74) is -3.57. The lowest BCUT2D eigenvalue weighted by molar-refractivity contribution is -0.325. The van der Waals surface area contributed by atoms with Gasteiger partial charge >= 0.3 is 0 Å². The van der Waals surface area contributed by atoms with Gasteiger partial charge in [-0.25, -0.2) is 8.42 Å². The molecule has 0 heterocycles. The minimum atomic E-state index is -4.91. The second-order valence-corrected chi connectivity index (χ2v) is 30.6. The van der Waals surface area contributed by atoms with Gasteiger partial charge in [0.1, 0.15) is 10.1 Å². The number of carbonyl (C=O) groups is 2. The van der Waals surface area contributed by atoms with Crippen molar-refractivity contribution in [1.82, 2.24) is 0 Å². The Morgan fingerprint density at radius 3 is 1.21 bits per heavy atom. The van der Waals surface area contributed by atoms with Crippen LogP contribution in [0.15, 0.2) is 11.0 Å². The summed E-state index contributed by atoms with van der Waals surface area (Å²) in [5, 5.41) is 22.0. The third-order valence-corrected chi connectivity index (χ3v) is 3.99. The molecular formula is C22H47O7P3S. The molecule has 0 radical (unpaired) electrons. The molecule has 1 aliphatic rings. The maximum Gasteiger partial charge on any atom is 0.120 e. The van der Waals surface area contributed by atoms with Crippen LogP contribution in [0.1, 0.15) is 26.7 Å². The van der Waals surface area contributed by atoms with E-state index in [0.717, 1.165) is 19.9 Å². The quantitative estimate of drug-likeness (QED) is 0.390.